The minimum Gasteiger partial charge on any atom is -0.465 e. The molecule has 0 spiro atoms. The van der Waals surface area contributed by atoms with Gasteiger partial charge in [0.1, 0.15) is 10.9 Å². The van der Waals surface area contributed by atoms with Crippen molar-refractivity contribution in [1.82, 2.24) is 0 Å². The van der Waals surface area contributed by atoms with Crippen molar-refractivity contribution in [1.29, 1.82) is 5.53 Å². The number of aryl methyl sites for hydroxylation is 1. The van der Waals surface area contributed by atoms with Crippen LogP contribution in [0, 0.1) is 5.53 Å². The van der Waals surface area contributed by atoms with Gasteiger partial charge in [-0.2, -0.15) is 5.11 Å². The predicted molar refractivity (Wildman–Crippen MR) is 68.2 cm³/mol. The number of carbonyl (C=O) groups excluding carboxylic acids is 2. The molecule has 0 aliphatic rings. The number of Topliss-reactive ketones (excluding diaryl/α,β-unsaturated/α-hetero) is 1. The number of ether oxygens (including phenoxy) is 1. The van der Waals surface area contributed by atoms with Gasteiger partial charge in [0.05, 0.1) is 7.11 Å². The summed E-state index contributed by atoms with van der Waals surface area (Å²) in [5, 5.41) is 3.19. The molecule has 0 aromatic carbocycles. The highest BCUT2D eigenvalue weighted by molar-refractivity contribution is 7.13. The fourth-order valence-corrected chi connectivity index (χ4v) is 2.41. The molecule has 0 radical (unpaired) electrons. The van der Waals surface area contributed by atoms with E-state index in [1.807, 2.05) is 6.07 Å². The second-order valence-electron chi connectivity index (χ2n) is 3.88. The van der Waals surface area contributed by atoms with Crippen molar-refractivity contribution >= 4 is 23.1 Å². The van der Waals surface area contributed by atoms with Crippen molar-refractivity contribution in [2.75, 3.05) is 7.11 Å². The minimum atomic E-state index is -0.543. The molecule has 1 rings (SSSR count). The van der Waals surface area contributed by atoms with Gasteiger partial charge >= 0.3 is 5.97 Å². The normalized spacial score (nSPS) is 11.9. The fraction of sp³-hybridized carbons (Fsp3) is 0.500. The Kier molecular flexibility index (Phi) is 5.64. The summed E-state index contributed by atoms with van der Waals surface area (Å²) in [5.74, 6) is -0.348. The zero-order chi connectivity index (χ0) is 13.5. The largest absolute Gasteiger partial charge is 0.465 e. The van der Waals surface area contributed by atoms with Crippen LogP contribution in [0.1, 0.15) is 34.3 Å². The van der Waals surface area contributed by atoms with Gasteiger partial charge in [0.2, 0.25) is 0 Å². The number of ketones is 1. The van der Waals surface area contributed by atoms with Crippen molar-refractivity contribution in [3.8, 4) is 0 Å². The van der Waals surface area contributed by atoms with E-state index < -0.39 is 6.04 Å². The average Bonchev–Trinajstić information content (AvgIpc) is 2.85. The SMILES string of the molecule is COC(=O)c1ccc(CCCC(=O)C(C)N=N)s1. The van der Waals surface area contributed by atoms with Gasteiger partial charge in [0.25, 0.3) is 0 Å². The average molecular weight is 268 g/mol. The molecule has 5 nitrogen and oxygen atoms in total. The monoisotopic (exact) mass is 268 g/mol. The second-order valence-corrected chi connectivity index (χ2v) is 5.05. The van der Waals surface area contributed by atoms with Crippen LogP contribution in [0.15, 0.2) is 17.2 Å². The summed E-state index contributed by atoms with van der Waals surface area (Å²) in [4.78, 5) is 24.3. The first-order valence-corrected chi connectivity index (χ1v) is 6.46. The molecule has 98 valence electrons. The van der Waals surface area contributed by atoms with Crippen LogP contribution in [0.25, 0.3) is 0 Å². The lowest BCUT2D eigenvalue weighted by molar-refractivity contribution is -0.120. The maximum atomic E-state index is 11.4. The quantitative estimate of drug-likeness (QED) is 0.610. The molecule has 1 aromatic heterocycles. The van der Waals surface area contributed by atoms with E-state index in [0.29, 0.717) is 17.7 Å². The molecule has 1 N–H and O–H groups in total. The molecule has 18 heavy (non-hydrogen) atoms. The second kappa shape index (κ2) is 7.00. The number of thiophene rings is 1. The summed E-state index contributed by atoms with van der Waals surface area (Å²) >= 11 is 1.39. The topological polar surface area (TPSA) is 79.6 Å². The highest BCUT2D eigenvalue weighted by Gasteiger charge is 2.12. The molecule has 1 atom stereocenters. The van der Waals surface area contributed by atoms with Crippen LogP contribution < -0.4 is 0 Å². The zero-order valence-corrected chi connectivity index (χ0v) is 11.3. The molecule has 0 saturated heterocycles. The van der Waals surface area contributed by atoms with Crippen LogP contribution >= 0.6 is 11.3 Å². The first-order chi connectivity index (χ1) is 8.58. The molecule has 0 saturated carbocycles. The molecule has 1 heterocycles. The van der Waals surface area contributed by atoms with Gasteiger partial charge in [-0.3, -0.25) is 4.79 Å². The molecule has 1 aromatic rings. The van der Waals surface area contributed by atoms with Crippen LogP contribution in [-0.4, -0.2) is 24.9 Å². The molecule has 0 fully saturated rings. The van der Waals surface area contributed by atoms with Crippen molar-refractivity contribution < 1.29 is 14.3 Å². The number of nitrogens with one attached hydrogen (secondary N) is 1. The molecule has 0 bridgehead atoms. The van der Waals surface area contributed by atoms with Crippen LogP contribution in [0.3, 0.4) is 0 Å². The summed E-state index contributed by atoms with van der Waals surface area (Å²) < 4.78 is 4.62. The lowest BCUT2D eigenvalue weighted by Crippen LogP contribution is -2.13. The van der Waals surface area contributed by atoms with Gasteiger partial charge < -0.3 is 4.74 Å². The Bertz CT molecular complexity index is 442. The molecule has 6 heteroatoms. The van der Waals surface area contributed by atoms with Gasteiger partial charge in [-0.1, -0.05) is 0 Å². The number of carbonyl (C=O) groups is 2. The van der Waals surface area contributed by atoms with E-state index in [1.54, 1.807) is 13.0 Å². The number of esters is 1. The molecule has 1 unspecified atom stereocenters. The van der Waals surface area contributed by atoms with E-state index in [4.69, 9.17) is 5.53 Å². The number of nitrogens with zero attached hydrogens (tertiary/aromatic N) is 1. The lowest BCUT2D eigenvalue weighted by atomic mass is 10.1. The summed E-state index contributed by atoms with van der Waals surface area (Å²) in [6.45, 7) is 1.62. The van der Waals surface area contributed by atoms with Gasteiger partial charge in [-0.25, -0.2) is 10.3 Å². The smallest absolute Gasteiger partial charge is 0.348 e. The maximum absolute atomic E-state index is 11.4. The van der Waals surface area contributed by atoms with Crippen molar-refractivity contribution in [3.05, 3.63) is 21.9 Å². The van der Waals surface area contributed by atoms with Crippen molar-refractivity contribution in [3.63, 3.8) is 0 Å². The Morgan fingerprint density at radius 2 is 2.22 bits per heavy atom. The van der Waals surface area contributed by atoms with E-state index in [2.05, 4.69) is 9.85 Å². The lowest BCUT2D eigenvalue weighted by Gasteiger charge is -2.02. The van der Waals surface area contributed by atoms with Gasteiger partial charge in [0.15, 0.2) is 5.78 Å². The molecule has 0 aliphatic carbocycles. The molecule has 0 aliphatic heterocycles. The van der Waals surface area contributed by atoms with E-state index in [-0.39, 0.29) is 11.8 Å². The first-order valence-electron chi connectivity index (χ1n) is 5.64. The third-order valence-corrected chi connectivity index (χ3v) is 3.68. The number of rotatable bonds is 7. The predicted octanol–water partition coefficient (Wildman–Crippen LogP) is 2.85. The van der Waals surface area contributed by atoms with Crippen molar-refractivity contribution in [2.45, 2.75) is 32.2 Å². The standard InChI is InChI=1S/C12H16N2O3S/c1-8(14-13)10(15)5-3-4-9-6-7-11(18-9)12(16)17-2/h6-8,13H,3-5H2,1-2H3. The Balaban J connectivity index is 2.40. The van der Waals surface area contributed by atoms with Crippen LogP contribution in [0.2, 0.25) is 0 Å². The Labute approximate surface area is 110 Å². The number of hydrogen-bond donors (Lipinski definition) is 1. The Morgan fingerprint density at radius 1 is 1.50 bits per heavy atom. The summed E-state index contributed by atoms with van der Waals surface area (Å²) in [6.07, 6.45) is 1.87. The van der Waals surface area contributed by atoms with Gasteiger partial charge in [-0.15, -0.1) is 11.3 Å². The molecular weight excluding hydrogens is 252 g/mol. The van der Waals surface area contributed by atoms with Gasteiger partial charge in [0, 0.05) is 11.3 Å². The minimum absolute atomic E-state index is 0.0188. The van der Waals surface area contributed by atoms with E-state index >= 15 is 0 Å². The molecule has 0 amide bonds. The van der Waals surface area contributed by atoms with E-state index in [9.17, 15) is 9.59 Å². The third-order valence-electron chi connectivity index (χ3n) is 2.55. The highest BCUT2D eigenvalue weighted by atomic mass is 32.1. The summed E-state index contributed by atoms with van der Waals surface area (Å²) in [7, 11) is 1.35. The summed E-state index contributed by atoms with van der Waals surface area (Å²) in [5.41, 5.74) is 6.77. The van der Waals surface area contributed by atoms with E-state index in [0.717, 1.165) is 11.3 Å². The van der Waals surface area contributed by atoms with Crippen LogP contribution in [0.5, 0.6) is 0 Å². The third kappa shape index (κ3) is 4.03. The zero-order valence-electron chi connectivity index (χ0n) is 10.4. The Morgan fingerprint density at radius 3 is 2.83 bits per heavy atom. The number of methoxy groups -OCH3 is 1. The van der Waals surface area contributed by atoms with E-state index in [1.165, 1.54) is 18.4 Å². The Hall–Kier alpha value is -1.56. The highest BCUT2D eigenvalue weighted by Crippen LogP contribution is 2.19. The summed E-state index contributed by atoms with van der Waals surface area (Å²) in [6, 6.07) is 3.06. The first kappa shape index (κ1) is 14.5. The van der Waals surface area contributed by atoms with Crippen LogP contribution in [-0.2, 0) is 16.0 Å². The van der Waals surface area contributed by atoms with Crippen molar-refractivity contribution in [2.24, 2.45) is 5.11 Å². The van der Waals surface area contributed by atoms with Gasteiger partial charge in [-0.05, 0) is 31.9 Å². The van der Waals surface area contributed by atoms with Crippen LogP contribution in [0.4, 0.5) is 0 Å². The maximum Gasteiger partial charge on any atom is 0.348 e. The fourth-order valence-electron chi connectivity index (χ4n) is 1.44. The molecular formula is C12H16N2O3S. The number of hydrogen-bond acceptors (Lipinski definition) is 6.